The second-order valence-corrected chi connectivity index (χ2v) is 6.91. The molecule has 0 aromatic heterocycles. The normalized spacial score (nSPS) is 22.9. The van der Waals surface area contributed by atoms with Crippen LogP contribution in [0.1, 0.15) is 71.6 Å². The lowest BCUT2D eigenvalue weighted by Gasteiger charge is -2.27. The van der Waals surface area contributed by atoms with E-state index in [1.807, 2.05) is 0 Å². The van der Waals surface area contributed by atoms with Gasteiger partial charge in [-0.3, -0.25) is 0 Å². The first-order chi connectivity index (χ1) is 10.3. The molecule has 0 radical (unpaired) electrons. The lowest BCUT2D eigenvalue weighted by Crippen LogP contribution is -2.33. The molecule has 0 atom stereocenters. The molecule has 4 N–H and O–H groups in total. The molecule has 126 valence electrons. The van der Waals surface area contributed by atoms with E-state index in [1.165, 1.54) is 64.3 Å². The maximum atomic E-state index is 5.75. The number of nitrogens with one attached hydrogen (secondary N) is 2. The van der Waals surface area contributed by atoms with Crippen LogP contribution < -0.4 is 16.4 Å². The van der Waals surface area contributed by atoms with Gasteiger partial charge in [-0.05, 0) is 83.0 Å². The Morgan fingerprint density at radius 3 is 2.14 bits per heavy atom. The van der Waals surface area contributed by atoms with Crippen LogP contribution in [0.15, 0.2) is 0 Å². The highest BCUT2D eigenvalue weighted by Gasteiger charge is 2.19. The molecule has 0 amide bonds. The fourth-order valence-corrected chi connectivity index (χ4v) is 3.54. The molecule has 0 spiro atoms. The van der Waals surface area contributed by atoms with Gasteiger partial charge in [-0.25, -0.2) is 0 Å². The Balaban J connectivity index is 1.94. The monoisotopic (exact) mass is 297 g/mol. The van der Waals surface area contributed by atoms with Crippen molar-refractivity contribution in [1.82, 2.24) is 10.6 Å². The molecule has 21 heavy (non-hydrogen) atoms. The molecule has 1 aliphatic rings. The van der Waals surface area contributed by atoms with Crippen LogP contribution in [0.5, 0.6) is 0 Å². The Labute approximate surface area is 132 Å². The van der Waals surface area contributed by atoms with Gasteiger partial charge in [0.2, 0.25) is 0 Å². The van der Waals surface area contributed by atoms with Crippen molar-refractivity contribution in [1.29, 1.82) is 0 Å². The summed E-state index contributed by atoms with van der Waals surface area (Å²) < 4.78 is 0. The minimum Gasteiger partial charge on any atom is -0.330 e. The van der Waals surface area contributed by atoms with Gasteiger partial charge >= 0.3 is 0 Å². The summed E-state index contributed by atoms with van der Waals surface area (Å²) in [7, 11) is 0. The van der Waals surface area contributed by atoms with Gasteiger partial charge in [0, 0.05) is 6.04 Å². The van der Waals surface area contributed by atoms with Crippen LogP contribution in [0.2, 0.25) is 0 Å². The molecule has 1 rings (SSSR count). The molecule has 0 heterocycles. The van der Waals surface area contributed by atoms with Crippen molar-refractivity contribution in [3.63, 3.8) is 0 Å². The third-order valence-corrected chi connectivity index (χ3v) is 4.97. The summed E-state index contributed by atoms with van der Waals surface area (Å²) in [6.07, 6.45) is 11.9. The van der Waals surface area contributed by atoms with E-state index in [0.29, 0.717) is 0 Å². The molecule has 1 fully saturated rings. The number of hydrogen-bond acceptors (Lipinski definition) is 3. The lowest BCUT2D eigenvalue weighted by atomic mass is 9.82. The first kappa shape index (κ1) is 18.9. The van der Waals surface area contributed by atoms with E-state index < -0.39 is 0 Å². The van der Waals surface area contributed by atoms with Crippen LogP contribution in [-0.4, -0.2) is 32.2 Å². The van der Waals surface area contributed by atoms with Gasteiger partial charge in [0.1, 0.15) is 0 Å². The average molecular weight is 298 g/mol. The first-order valence-corrected chi connectivity index (χ1v) is 9.44. The molecule has 3 heteroatoms. The van der Waals surface area contributed by atoms with Gasteiger partial charge in [-0.1, -0.05) is 26.7 Å². The molecule has 1 saturated carbocycles. The van der Waals surface area contributed by atoms with Crippen molar-refractivity contribution in [2.45, 2.75) is 77.7 Å². The van der Waals surface area contributed by atoms with Crippen LogP contribution in [-0.2, 0) is 0 Å². The van der Waals surface area contributed by atoms with Crippen LogP contribution in [0.3, 0.4) is 0 Å². The number of hydrogen-bond donors (Lipinski definition) is 3. The van der Waals surface area contributed by atoms with Gasteiger partial charge < -0.3 is 16.4 Å². The minimum absolute atomic E-state index is 0.742. The lowest BCUT2D eigenvalue weighted by molar-refractivity contribution is 0.272. The summed E-state index contributed by atoms with van der Waals surface area (Å²) in [5.74, 6) is 1.70. The van der Waals surface area contributed by atoms with E-state index in [-0.39, 0.29) is 0 Å². The van der Waals surface area contributed by atoms with Gasteiger partial charge in [0.25, 0.3) is 0 Å². The fourth-order valence-electron chi connectivity index (χ4n) is 3.54. The average Bonchev–Trinajstić information content (AvgIpc) is 2.51. The highest BCUT2D eigenvalue weighted by atomic mass is 14.9. The Morgan fingerprint density at radius 2 is 1.57 bits per heavy atom. The molecule has 0 bridgehead atoms. The van der Waals surface area contributed by atoms with E-state index in [0.717, 1.165) is 37.5 Å². The van der Waals surface area contributed by atoms with Crippen molar-refractivity contribution >= 4 is 0 Å². The van der Waals surface area contributed by atoms with Crippen LogP contribution >= 0.6 is 0 Å². The zero-order valence-corrected chi connectivity index (χ0v) is 14.5. The van der Waals surface area contributed by atoms with Crippen LogP contribution in [0.25, 0.3) is 0 Å². The van der Waals surface area contributed by atoms with E-state index in [4.69, 9.17) is 5.73 Å². The predicted molar refractivity (Wildman–Crippen MR) is 93.6 cm³/mol. The van der Waals surface area contributed by atoms with E-state index in [9.17, 15) is 0 Å². The first-order valence-electron chi connectivity index (χ1n) is 9.44. The maximum absolute atomic E-state index is 5.75. The molecule has 0 aliphatic heterocycles. The highest BCUT2D eigenvalue weighted by Crippen LogP contribution is 2.27. The van der Waals surface area contributed by atoms with Gasteiger partial charge in [-0.2, -0.15) is 0 Å². The molecule has 1 aliphatic carbocycles. The quantitative estimate of drug-likeness (QED) is 0.485. The van der Waals surface area contributed by atoms with Gasteiger partial charge in [0.15, 0.2) is 0 Å². The van der Waals surface area contributed by atoms with Crippen LogP contribution in [0.4, 0.5) is 0 Å². The Morgan fingerprint density at radius 1 is 0.952 bits per heavy atom. The Kier molecular flexibility index (Phi) is 11.2. The standard InChI is InChI=1S/C18H39N3/c1-3-6-18(7-4-2)21-13-5-12-20-15-17-10-8-16(14-19)9-11-17/h16-18,20-21H,3-15,19H2,1-2H3. The molecule has 3 nitrogen and oxygen atoms in total. The van der Waals surface area contributed by atoms with Crippen molar-refractivity contribution < 1.29 is 0 Å². The Hall–Kier alpha value is -0.120. The second kappa shape index (κ2) is 12.4. The molecular formula is C18H39N3. The molecule has 0 unspecified atom stereocenters. The predicted octanol–water partition coefficient (Wildman–Crippen LogP) is 3.29. The summed E-state index contributed by atoms with van der Waals surface area (Å²) in [5.41, 5.74) is 5.75. The van der Waals surface area contributed by atoms with Crippen molar-refractivity contribution in [3.8, 4) is 0 Å². The van der Waals surface area contributed by atoms with Gasteiger partial charge in [-0.15, -0.1) is 0 Å². The van der Waals surface area contributed by atoms with Crippen molar-refractivity contribution in [3.05, 3.63) is 0 Å². The minimum atomic E-state index is 0.742. The smallest absolute Gasteiger partial charge is 0.00668 e. The molecular weight excluding hydrogens is 258 g/mol. The summed E-state index contributed by atoms with van der Waals surface area (Å²) in [5, 5.41) is 7.37. The number of rotatable bonds is 12. The summed E-state index contributed by atoms with van der Waals surface area (Å²) in [6.45, 7) is 9.00. The van der Waals surface area contributed by atoms with E-state index in [1.54, 1.807) is 0 Å². The third kappa shape index (κ3) is 8.80. The molecule has 0 aromatic rings. The van der Waals surface area contributed by atoms with Gasteiger partial charge in [0.05, 0.1) is 0 Å². The van der Waals surface area contributed by atoms with Crippen LogP contribution in [0, 0.1) is 11.8 Å². The largest absolute Gasteiger partial charge is 0.330 e. The summed E-state index contributed by atoms with van der Waals surface area (Å²) in [4.78, 5) is 0. The Bertz CT molecular complexity index is 219. The highest BCUT2D eigenvalue weighted by molar-refractivity contribution is 4.74. The van der Waals surface area contributed by atoms with E-state index in [2.05, 4.69) is 24.5 Å². The summed E-state index contributed by atoms with van der Waals surface area (Å²) >= 11 is 0. The van der Waals surface area contributed by atoms with Crippen molar-refractivity contribution in [2.24, 2.45) is 17.6 Å². The van der Waals surface area contributed by atoms with E-state index >= 15 is 0 Å². The third-order valence-electron chi connectivity index (χ3n) is 4.97. The summed E-state index contributed by atoms with van der Waals surface area (Å²) in [6, 6.07) is 0.742. The zero-order valence-electron chi connectivity index (χ0n) is 14.5. The molecule has 0 saturated heterocycles. The van der Waals surface area contributed by atoms with Crippen molar-refractivity contribution in [2.75, 3.05) is 26.2 Å². The molecule has 0 aromatic carbocycles. The fraction of sp³-hybridized carbons (Fsp3) is 1.00. The maximum Gasteiger partial charge on any atom is 0.00668 e. The second-order valence-electron chi connectivity index (χ2n) is 6.91. The zero-order chi connectivity index (χ0) is 15.3. The topological polar surface area (TPSA) is 50.1 Å². The number of nitrogens with two attached hydrogens (primary N) is 1. The SMILES string of the molecule is CCCC(CCC)NCCCNCC1CCC(CN)CC1.